The number of hydrogen-bond acceptors (Lipinski definition) is 2. The van der Waals surface area contributed by atoms with Crippen molar-refractivity contribution >= 4 is 15.9 Å². The molecular formula is C13H16BrF4NO. The normalized spacial score (nSPS) is 13.8. The third-order valence-corrected chi connectivity index (χ3v) is 3.54. The first-order chi connectivity index (χ1) is 9.36. The van der Waals surface area contributed by atoms with Crippen LogP contribution in [0.4, 0.5) is 17.6 Å². The lowest BCUT2D eigenvalue weighted by Gasteiger charge is -2.20. The Kier molecular flexibility index (Phi) is 6.91. The van der Waals surface area contributed by atoms with Crippen molar-refractivity contribution in [1.82, 2.24) is 5.32 Å². The first-order valence-corrected chi connectivity index (χ1v) is 6.80. The van der Waals surface area contributed by atoms with E-state index in [0.29, 0.717) is 6.42 Å². The maximum Gasteiger partial charge on any atom is 0.330 e. The quantitative estimate of drug-likeness (QED) is 0.719. The monoisotopic (exact) mass is 357 g/mol. The van der Waals surface area contributed by atoms with Gasteiger partial charge in [-0.15, -0.1) is 0 Å². The predicted molar refractivity (Wildman–Crippen MR) is 72.5 cm³/mol. The van der Waals surface area contributed by atoms with Gasteiger partial charge in [-0.3, -0.25) is 0 Å². The maximum atomic E-state index is 12.7. The van der Waals surface area contributed by atoms with E-state index in [0.717, 1.165) is 10.0 Å². The van der Waals surface area contributed by atoms with Crippen molar-refractivity contribution in [2.24, 2.45) is 0 Å². The lowest BCUT2D eigenvalue weighted by Crippen LogP contribution is -2.37. The Hall–Kier alpha value is -0.660. The van der Waals surface area contributed by atoms with E-state index in [1.807, 2.05) is 24.3 Å². The number of hydrogen-bond donors (Lipinski definition) is 1. The third-order valence-electron chi connectivity index (χ3n) is 2.77. The summed E-state index contributed by atoms with van der Waals surface area (Å²) in [5, 5.41) is 2.92. The highest BCUT2D eigenvalue weighted by Crippen LogP contribution is 2.23. The third kappa shape index (κ3) is 5.38. The Morgan fingerprint density at radius 2 is 1.95 bits per heavy atom. The van der Waals surface area contributed by atoms with E-state index in [-0.39, 0.29) is 12.6 Å². The number of nitrogens with one attached hydrogen (secondary N) is 1. The van der Waals surface area contributed by atoms with Crippen LogP contribution in [0.5, 0.6) is 0 Å². The molecule has 20 heavy (non-hydrogen) atoms. The number of rotatable bonds is 8. The molecule has 0 saturated carbocycles. The molecule has 0 aliphatic carbocycles. The van der Waals surface area contributed by atoms with E-state index in [9.17, 15) is 17.6 Å². The highest BCUT2D eigenvalue weighted by Gasteiger charge is 2.41. The van der Waals surface area contributed by atoms with Crippen LogP contribution >= 0.6 is 15.9 Å². The largest absolute Gasteiger partial charge is 0.373 e. The van der Waals surface area contributed by atoms with Gasteiger partial charge in [-0.1, -0.05) is 34.1 Å². The molecule has 1 atom stereocenters. The summed E-state index contributed by atoms with van der Waals surface area (Å²) in [6.07, 6.45) is -3.17. The van der Waals surface area contributed by atoms with Crippen molar-refractivity contribution in [3.63, 3.8) is 0 Å². The van der Waals surface area contributed by atoms with Crippen molar-refractivity contribution in [2.75, 3.05) is 20.3 Å². The second-order valence-corrected chi connectivity index (χ2v) is 5.21. The van der Waals surface area contributed by atoms with Crippen LogP contribution in [0.25, 0.3) is 0 Å². The zero-order chi connectivity index (χ0) is 15.2. The Morgan fingerprint density at radius 1 is 1.30 bits per heavy atom. The number of benzene rings is 1. The summed E-state index contributed by atoms with van der Waals surface area (Å²) in [6.45, 7) is -1.35. The predicted octanol–water partition coefficient (Wildman–Crippen LogP) is 3.50. The second kappa shape index (κ2) is 7.95. The molecule has 0 heterocycles. The molecule has 2 nitrogen and oxygen atoms in total. The van der Waals surface area contributed by atoms with Crippen LogP contribution in [0.3, 0.4) is 0 Å². The Bertz CT molecular complexity index is 417. The summed E-state index contributed by atoms with van der Waals surface area (Å²) in [6, 6.07) is 7.25. The van der Waals surface area contributed by atoms with Crippen molar-refractivity contribution in [3.8, 4) is 0 Å². The summed E-state index contributed by atoms with van der Waals surface area (Å²) < 4.78 is 54.9. The fourth-order valence-electron chi connectivity index (χ4n) is 1.57. The van der Waals surface area contributed by atoms with E-state index in [4.69, 9.17) is 4.74 Å². The van der Waals surface area contributed by atoms with Crippen LogP contribution in [0.2, 0.25) is 0 Å². The van der Waals surface area contributed by atoms with Crippen molar-refractivity contribution in [2.45, 2.75) is 24.8 Å². The van der Waals surface area contributed by atoms with Gasteiger partial charge in [0.05, 0.1) is 6.61 Å². The summed E-state index contributed by atoms with van der Waals surface area (Å²) >= 11 is 3.39. The molecule has 1 N–H and O–H groups in total. The van der Waals surface area contributed by atoms with Crippen LogP contribution in [0.1, 0.15) is 5.56 Å². The van der Waals surface area contributed by atoms with E-state index >= 15 is 0 Å². The summed E-state index contributed by atoms with van der Waals surface area (Å²) in [4.78, 5) is 0. The smallest absolute Gasteiger partial charge is 0.330 e. The average Bonchev–Trinajstić information content (AvgIpc) is 2.39. The molecule has 1 aromatic rings. The number of alkyl halides is 4. The van der Waals surface area contributed by atoms with Crippen molar-refractivity contribution < 1.29 is 22.3 Å². The molecule has 0 aromatic heterocycles. The zero-order valence-electron chi connectivity index (χ0n) is 10.9. The minimum atomic E-state index is -4.11. The molecule has 1 rings (SSSR count). The van der Waals surface area contributed by atoms with Crippen LogP contribution in [-0.4, -0.2) is 38.7 Å². The van der Waals surface area contributed by atoms with Crippen LogP contribution in [-0.2, 0) is 11.2 Å². The van der Waals surface area contributed by atoms with Gasteiger partial charge in [0.25, 0.3) is 0 Å². The van der Waals surface area contributed by atoms with Crippen molar-refractivity contribution in [1.29, 1.82) is 0 Å². The zero-order valence-corrected chi connectivity index (χ0v) is 12.5. The standard InChI is InChI=1S/C13H16BrF4NO/c1-19-10(6-9-4-2-3-5-11(9)14)7-20-8-13(17,18)12(15)16/h2-5,10,12,19H,6-8H2,1H3. The first-order valence-electron chi connectivity index (χ1n) is 6.01. The van der Waals surface area contributed by atoms with Gasteiger partial charge in [0, 0.05) is 10.5 Å². The van der Waals surface area contributed by atoms with E-state index in [1.165, 1.54) is 0 Å². The number of ether oxygens (including phenoxy) is 1. The molecular weight excluding hydrogens is 342 g/mol. The SMILES string of the molecule is CNC(COCC(F)(F)C(F)F)Cc1ccccc1Br. The highest BCUT2D eigenvalue weighted by molar-refractivity contribution is 9.10. The van der Waals surface area contributed by atoms with Crippen LogP contribution < -0.4 is 5.32 Å². The molecule has 0 bridgehead atoms. The highest BCUT2D eigenvalue weighted by atomic mass is 79.9. The fraction of sp³-hybridized carbons (Fsp3) is 0.538. The topological polar surface area (TPSA) is 21.3 Å². The van der Waals surface area contributed by atoms with Gasteiger partial charge >= 0.3 is 12.3 Å². The Morgan fingerprint density at radius 3 is 2.50 bits per heavy atom. The number of halogens is 5. The molecule has 0 spiro atoms. The molecule has 1 unspecified atom stereocenters. The first kappa shape index (κ1) is 17.4. The Balaban J connectivity index is 2.47. The van der Waals surface area contributed by atoms with Gasteiger partial charge < -0.3 is 10.1 Å². The average molecular weight is 358 g/mol. The molecule has 114 valence electrons. The summed E-state index contributed by atoms with van der Waals surface area (Å²) in [5.74, 6) is -4.11. The minimum Gasteiger partial charge on any atom is -0.373 e. The van der Waals surface area contributed by atoms with Gasteiger partial charge in [0.15, 0.2) is 0 Å². The van der Waals surface area contributed by atoms with E-state index in [1.54, 1.807) is 7.05 Å². The van der Waals surface area contributed by atoms with Crippen LogP contribution in [0.15, 0.2) is 28.7 Å². The van der Waals surface area contributed by atoms with Gasteiger partial charge in [0.2, 0.25) is 0 Å². The molecule has 1 aromatic carbocycles. The maximum absolute atomic E-state index is 12.7. The van der Waals surface area contributed by atoms with Gasteiger partial charge in [0.1, 0.15) is 6.61 Å². The summed E-state index contributed by atoms with van der Waals surface area (Å²) in [5.41, 5.74) is 0.982. The molecule has 0 aliphatic rings. The van der Waals surface area contributed by atoms with Gasteiger partial charge in [-0.25, -0.2) is 8.78 Å². The number of likely N-dealkylation sites (N-methyl/N-ethyl adjacent to an activating group) is 1. The van der Waals surface area contributed by atoms with Gasteiger partial charge in [-0.2, -0.15) is 8.78 Å². The molecule has 0 fully saturated rings. The lowest BCUT2D eigenvalue weighted by atomic mass is 10.1. The molecule has 0 radical (unpaired) electrons. The molecule has 0 saturated heterocycles. The van der Waals surface area contributed by atoms with Crippen molar-refractivity contribution in [3.05, 3.63) is 34.3 Å². The van der Waals surface area contributed by atoms with Gasteiger partial charge in [-0.05, 0) is 25.1 Å². The Labute approximate surface area is 123 Å². The fourth-order valence-corrected chi connectivity index (χ4v) is 2.02. The molecule has 0 aliphatic heterocycles. The lowest BCUT2D eigenvalue weighted by molar-refractivity contribution is -0.166. The second-order valence-electron chi connectivity index (χ2n) is 4.36. The summed E-state index contributed by atoms with van der Waals surface area (Å²) in [7, 11) is 1.66. The molecule has 0 amide bonds. The minimum absolute atomic E-state index is 0.0693. The van der Waals surface area contributed by atoms with E-state index < -0.39 is 19.0 Å². The van der Waals surface area contributed by atoms with Crippen LogP contribution in [0, 0.1) is 0 Å². The molecule has 7 heteroatoms. The van der Waals surface area contributed by atoms with E-state index in [2.05, 4.69) is 21.2 Å².